The minimum absolute atomic E-state index is 0.341. The Hall–Kier alpha value is -1.26. The van der Waals surface area contributed by atoms with Gasteiger partial charge in [-0.2, -0.15) is 0 Å². The summed E-state index contributed by atoms with van der Waals surface area (Å²) in [6.07, 6.45) is -1.80. The summed E-state index contributed by atoms with van der Waals surface area (Å²) in [5, 5.41) is 2.65. The number of nitrogens with two attached hydrogens (primary N) is 1. The molecule has 0 aromatic heterocycles. The molecule has 3 N–H and O–H groups in total. The molecule has 1 atom stereocenters. The Bertz CT molecular complexity index is 208. The van der Waals surface area contributed by atoms with E-state index in [1.54, 1.807) is 0 Å². The molecule has 0 aromatic carbocycles. The van der Waals surface area contributed by atoms with E-state index in [1.807, 2.05) is 20.8 Å². The predicted molar refractivity (Wildman–Crippen MR) is 48.0 cm³/mol. The van der Waals surface area contributed by atoms with Crippen molar-refractivity contribution in [3.8, 4) is 0 Å². The highest BCUT2D eigenvalue weighted by Gasteiger charge is 2.21. The molecule has 0 bridgehead atoms. The summed E-state index contributed by atoms with van der Waals surface area (Å²) in [5.41, 5.74) is 4.41. The fourth-order valence-electron chi connectivity index (χ4n) is 0.699. The summed E-state index contributed by atoms with van der Waals surface area (Å²) in [7, 11) is 0. The predicted octanol–water partition coefficient (Wildman–Crippen LogP) is 0.385. The molecule has 0 saturated carbocycles. The Morgan fingerprint density at radius 1 is 1.38 bits per heavy atom. The first kappa shape index (κ1) is 11.7. The van der Waals surface area contributed by atoms with Crippen LogP contribution < -0.4 is 11.1 Å². The van der Waals surface area contributed by atoms with E-state index in [2.05, 4.69) is 10.1 Å². The normalized spacial score (nSPS) is 13.2. The van der Waals surface area contributed by atoms with E-state index in [1.165, 1.54) is 6.92 Å². The lowest BCUT2D eigenvalue weighted by Crippen LogP contribution is -2.46. The standard InChI is InChI=1S/C8H16N2O3/c1-5(13-7(9)12)6(11)10-8(2,3)4/h5H,1-4H3,(H2,9,12)(H,10,11)/t5-/m0/s1. The number of amides is 2. The van der Waals surface area contributed by atoms with Crippen molar-refractivity contribution >= 4 is 12.0 Å². The summed E-state index contributed by atoms with van der Waals surface area (Å²) in [4.78, 5) is 21.6. The van der Waals surface area contributed by atoms with E-state index in [0.717, 1.165) is 0 Å². The number of hydrogen-bond acceptors (Lipinski definition) is 3. The molecule has 5 heteroatoms. The summed E-state index contributed by atoms with van der Waals surface area (Å²) >= 11 is 0. The summed E-state index contributed by atoms with van der Waals surface area (Å²) in [5.74, 6) is -0.355. The third-order valence-electron chi connectivity index (χ3n) is 1.16. The van der Waals surface area contributed by atoms with E-state index in [4.69, 9.17) is 5.73 Å². The van der Waals surface area contributed by atoms with Crippen LogP contribution in [0.1, 0.15) is 27.7 Å². The molecule has 0 aliphatic rings. The molecule has 76 valence electrons. The van der Waals surface area contributed by atoms with Crippen LogP contribution in [-0.2, 0) is 9.53 Å². The Morgan fingerprint density at radius 3 is 2.15 bits per heavy atom. The van der Waals surface area contributed by atoms with E-state index in [0.29, 0.717) is 0 Å². The lowest BCUT2D eigenvalue weighted by molar-refractivity contribution is -0.130. The lowest BCUT2D eigenvalue weighted by atomic mass is 10.1. The second-order valence-electron chi connectivity index (χ2n) is 3.82. The molecule has 0 unspecified atom stereocenters. The van der Waals surface area contributed by atoms with Crippen molar-refractivity contribution in [1.82, 2.24) is 5.32 Å². The van der Waals surface area contributed by atoms with Crippen LogP contribution in [0.5, 0.6) is 0 Å². The molecule has 0 radical (unpaired) electrons. The maximum atomic E-state index is 11.3. The second-order valence-corrected chi connectivity index (χ2v) is 3.82. The van der Waals surface area contributed by atoms with Gasteiger partial charge in [0.1, 0.15) is 0 Å². The smallest absolute Gasteiger partial charge is 0.405 e. The maximum absolute atomic E-state index is 11.3. The third-order valence-corrected chi connectivity index (χ3v) is 1.16. The minimum atomic E-state index is -0.948. The average molecular weight is 188 g/mol. The van der Waals surface area contributed by atoms with E-state index < -0.39 is 12.2 Å². The number of ether oxygens (including phenoxy) is 1. The van der Waals surface area contributed by atoms with Gasteiger partial charge in [-0.15, -0.1) is 0 Å². The van der Waals surface area contributed by atoms with Crippen LogP contribution in [0.2, 0.25) is 0 Å². The van der Waals surface area contributed by atoms with Crippen LogP contribution in [0.3, 0.4) is 0 Å². The fraction of sp³-hybridized carbons (Fsp3) is 0.750. The maximum Gasteiger partial charge on any atom is 0.405 e. The average Bonchev–Trinajstić information content (AvgIpc) is 1.81. The molecular weight excluding hydrogens is 172 g/mol. The highest BCUT2D eigenvalue weighted by atomic mass is 16.6. The van der Waals surface area contributed by atoms with E-state index in [9.17, 15) is 9.59 Å². The zero-order valence-electron chi connectivity index (χ0n) is 8.38. The van der Waals surface area contributed by atoms with Crippen molar-refractivity contribution < 1.29 is 14.3 Å². The first-order valence-corrected chi connectivity index (χ1v) is 4.00. The number of primary amides is 1. The highest BCUT2D eigenvalue weighted by molar-refractivity contribution is 5.83. The zero-order valence-corrected chi connectivity index (χ0v) is 8.38. The van der Waals surface area contributed by atoms with Crippen molar-refractivity contribution in [3.05, 3.63) is 0 Å². The van der Waals surface area contributed by atoms with Gasteiger partial charge in [0.05, 0.1) is 0 Å². The Kier molecular flexibility index (Phi) is 3.71. The van der Waals surface area contributed by atoms with Crippen LogP contribution in [0.15, 0.2) is 0 Å². The summed E-state index contributed by atoms with van der Waals surface area (Å²) in [6.45, 7) is 6.97. The van der Waals surface area contributed by atoms with Crippen molar-refractivity contribution in [2.75, 3.05) is 0 Å². The monoisotopic (exact) mass is 188 g/mol. The largest absolute Gasteiger partial charge is 0.437 e. The molecule has 0 aliphatic heterocycles. The molecule has 0 saturated heterocycles. The van der Waals surface area contributed by atoms with Gasteiger partial charge in [0.25, 0.3) is 5.91 Å². The Balaban J connectivity index is 4.05. The van der Waals surface area contributed by atoms with Crippen molar-refractivity contribution in [1.29, 1.82) is 0 Å². The van der Waals surface area contributed by atoms with Crippen LogP contribution in [0.4, 0.5) is 4.79 Å². The molecule has 0 rings (SSSR count). The van der Waals surface area contributed by atoms with Gasteiger partial charge in [-0.3, -0.25) is 4.79 Å². The summed E-state index contributed by atoms with van der Waals surface area (Å²) < 4.78 is 4.48. The first-order valence-electron chi connectivity index (χ1n) is 4.00. The number of nitrogens with one attached hydrogen (secondary N) is 1. The summed E-state index contributed by atoms with van der Waals surface area (Å²) in [6, 6.07) is 0. The van der Waals surface area contributed by atoms with Gasteiger partial charge < -0.3 is 15.8 Å². The van der Waals surface area contributed by atoms with E-state index >= 15 is 0 Å². The van der Waals surface area contributed by atoms with Gasteiger partial charge in [-0.1, -0.05) is 0 Å². The van der Waals surface area contributed by atoms with Crippen LogP contribution in [0, 0.1) is 0 Å². The molecule has 5 nitrogen and oxygen atoms in total. The number of carbonyl (C=O) groups is 2. The van der Waals surface area contributed by atoms with Gasteiger partial charge in [0.2, 0.25) is 0 Å². The van der Waals surface area contributed by atoms with Crippen LogP contribution >= 0.6 is 0 Å². The van der Waals surface area contributed by atoms with Gasteiger partial charge in [0, 0.05) is 5.54 Å². The molecule has 0 heterocycles. The van der Waals surface area contributed by atoms with Gasteiger partial charge in [-0.05, 0) is 27.7 Å². The van der Waals surface area contributed by atoms with Crippen molar-refractivity contribution in [2.45, 2.75) is 39.3 Å². The number of carbonyl (C=O) groups excluding carboxylic acids is 2. The number of hydrogen-bond donors (Lipinski definition) is 2. The topological polar surface area (TPSA) is 81.4 Å². The van der Waals surface area contributed by atoms with Gasteiger partial charge in [-0.25, -0.2) is 4.79 Å². The number of rotatable bonds is 2. The van der Waals surface area contributed by atoms with Gasteiger partial charge in [0.15, 0.2) is 6.10 Å². The quantitative estimate of drug-likeness (QED) is 0.657. The molecule has 0 spiro atoms. The molecule has 0 fully saturated rings. The third kappa shape index (κ3) is 5.95. The van der Waals surface area contributed by atoms with Crippen molar-refractivity contribution in [2.24, 2.45) is 5.73 Å². The van der Waals surface area contributed by atoms with Crippen LogP contribution in [-0.4, -0.2) is 23.6 Å². The highest BCUT2D eigenvalue weighted by Crippen LogP contribution is 2.00. The molecule has 2 amide bonds. The molecule has 0 aromatic rings. The second kappa shape index (κ2) is 4.11. The fourth-order valence-corrected chi connectivity index (χ4v) is 0.699. The van der Waals surface area contributed by atoms with Gasteiger partial charge >= 0.3 is 6.09 Å². The minimum Gasteiger partial charge on any atom is -0.437 e. The Morgan fingerprint density at radius 2 is 1.85 bits per heavy atom. The first-order chi connectivity index (χ1) is 5.72. The molecule has 0 aliphatic carbocycles. The Labute approximate surface area is 77.6 Å². The SMILES string of the molecule is C[C@H](OC(N)=O)C(=O)NC(C)(C)C. The molecule has 13 heavy (non-hydrogen) atoms. The lowest BCUT2D eigenvalue weighted by Gasteiger charge is -2.22. The zero-order chi connectivity index (χ0) is 10.6. The van der Waals surface area contributed by atoms with E-state index in [-0.39, 0.29) is 11.4 Å². The molecular formula is C8H16N2O3. The van der Waals surface area contributed by atoms with Crippen LogP contribution in [0.25, 0.3) is 0 Å². The van der Waals surface area contributed by atoms with Crippen molar-refractivity contribution in [3.63, 3.8) is 0 Å².